The number of nitrogens with one attached hydrogen (secondary N) is 1. The van der Waals surface area contributed by atoms with Crippen LogP contribution in [0.15, 0.2) is 53.0 Å². The Morgan fingerprint density at radius 1 is 1.21 bits per heavy atom. The second-order valence-corrected chi connectivity index (χ2v) is 7.71. The molecule has 1 aromatic heterocycles. The molecule has 0 unspecified atom stereocenters. The van der Waals surface area contributed by atoms with Crippen LogP contribution in [0.25, 0.3) is 10.2 Å². The first-order valence-corrected chi connectivity index (χ1v) is 9.62. The van der Waals surface area contributed by atoms with Crippen molar-refractivity contribution in [2.24, 2.45) is 0 Å². The van der Waals surface area contributed by atoms with E-state index in [4.69, 9.17) is 0 Å². The number of fused-ring (bicyclic) bond motifs is 1. The van der Waals surface area contributed by atoms with E-state index in [1.165, 1.54) is 4.70 Å². The van der Waals surface area contributed by atoms with E-state index < -0.39 is 0 Å². The van der Waals surface area contributed by atoms with Gasteiger partial charge in [-0.25, -0.2) is 4.98 Å². The van der Waals surface area contributed by atoms with Crippen LogP contribution in [0, 0.1) is 0 Å². The average Bonchev–Trinajstić information content (AvgIpc) is 2.97. The van der Waals surface area contributed by atoms with Gasteiger partial charge in [0, 0.05) is 10.9 Å². The summed E-state index contributed by atoms with van der Waals surface area (Å²) in [5.41, 5.74) is 2.14. The van der Waals surface area contributed by atoms with Gasteiger partial charge in [0.1, 0.15) is 0 Å². The number of hydrogen-bond donors (Lipinski definition) is 1. The van der Waals surface area contributed by atoms with Crippen molar-refractivity contribution in [3.05, 3.63) is 63.6 Å². The molecule has 1 amide bonds. The SMILES string of the molecule is C[C@@H](NC(=O)CCCc1nc2ccccc2s1)c1ccccc1Br. The van der Waals surface area contributed by atoms with Crippen LogP contribution >= 0.6 is 27.3 Å². The lowest BCUT2D eigenvalue weighted by atomic mass is 10.1. The van der Waals surface area contributed by atoms with Gasteiger partial charge in [-0.1, -0.05) is 46.3 Å². The van der Waals surface area contributed by atoms with Gasteiger partial charge < -0.3 is 5.32 Å². The number of thiazole rings is 1. The third-order valence-corrected chi connectivity index (χ3v) is 5.70. The Morgan fingerprint density at radius 2 is 1.96 bits per heavy atom. The van der Waals surface area contributed by atoms with Gasteiger partial charge in [0.05, 0.1) is 21.3 Å². The highest BCUT2D eigenvalue weighted by molar-refractivity contribution is 9.10. The molecule has 3 aromatic rings. The molecule has 3 nitrogen and oxygen atoms in total. The van der Waals surface area contributed by atoms with E-state index >= 15 is 0 Å². The van der Waals surface area contributed by atoms with Crippen molar-refractivity contribution in [2.75, 3.05) is 0 Å². The monoisotopic (exact) mass is 402 g/mol. The first-order chi connectivity index (χ1) is 11.6. The summed E-state index contributed by atoms with van der Waals surface area (Å²) in [6, 6.07) is 16.1. The number of carbonyl (C=O) groups excluding carboxylic acids is 1. The lowest BCUT2D eigenvalue weighted by Gasteiger charge is -2.15. The number of halogens is 1. The molecule has 0 spiro atoms. The summed E-state index contributed by atoms with van der Waals surface area (Å²) >= 11 is 5.24. The Balaban J connectivity index is 1.49. The number of carbonyl (C=O) groups is 1. The van der Waals surface area contributed by atoms with Crippen molar-refractivity contribution in [3.8, 4) is 0 Å². The Bertz CT molecular complexity index is 813. The van der Waals surface area contributed by atoms with Gasteiger partial charge in [-0.2, -0.15) is 0 Å². The van der Waals surface area contributed by atoms with Gasteiger partial charge >= 0.3 is 0 Å². The normalized spacial score (nSPS) is 12.2. The Kier molecular flexibility index (Phi) is 5.63. The molecule has 1 N–H and O–H groups in total. The second-order valence-electron chi connectivity index (χ2n) is 5.74. The van der Waals surface area contributed by atoms with Gasteiger partial charge in [0.2, 0.25) is 5.91 Å². The van der Waals surface area contributed by atoms with Gasteiger partial charge in [-0.15, -0.1) is 11.3 Å². The standard InChI is InChI=1S/C19H19BrN2OS/c1-13(14-7-2-3-8-15(14)20)21-18(23)11-6-12-19-22-16-9-4-5-10-17(16)24-19/h2-5,7-10,13H,6,11-12H2,1H3,(H,21,23)/t13-/m1/s1. The molecule has 0 radical (unpaired) electrons. The molecule has 24 heavy (non-hydrogen) atoms. The zero-order chi connectivity index (χ0) is 16.9. The maximum Gasteiger partial charge on any atom is 0.220 e. The minimum Gasteiger partial charge on any atom is -0.350 e. The minimum atomic E-state index is -0.00414. The quantitative estimate of drug-likeness (QED) is 0.610. The zero-order valence-corrected chi connectivity index (χ0v) is 15.9. The van der Waals surface area contributed by atoms with E-state index in [2.05, 4.69) is 32.3 Å². The molecule has 2 aromatic carbocycles. The second kappa shape index (κ2) is 7.90. The first-order valence-electron chi connectivity index (χ1n) is 8.02. The molecule has 124 valence electrons. The highest BCUT2D eigenvalue weighted by Crippen LogP contribution is 2.24. The van der Waals surface area contributed by atoms with Crippen molar-refractivity contribution >= 4 is 43.4 Å². The number of aryl methyl sites for hydroxylation is 1. The lowest BCUT2D eigenvalue weighted by molar-refractivity contribution is -0.121. The minimum absolute atomic E-state index is 0.00414. The van der Waals surface area contributed by atoms with Gasteiger partial charge in [0.15, 0.2) is 0 Å². The summed E-state index contributed by atoms with van der Waals surface area (Å²) in [4.78, 5) is 16.8. The summed E-state index contributed by atoms with van der Waals surface area (Å²) in [5.74, 6) is 0.0827. The van der Waals surface area contributed by atoms with Crippen molar-refractivity contribution < 1.29 is 4.79 Å². The van der Waals surface area contributed by atoms with E-state index in [-0.39, 0.29) is 11.9 Å². The number of hydrogen-bond acceptors (Lipinski definition) is 3. The van der Waals surface area contributed by atoms with Crippen LogP contribution in [0.2, 0.25) is 0 Å². The highest BCUT2D eigenvalue weighted by Gasteiger charge is 2.12. The van der Waals surface area contributed by atoms with Crippen molar-refractivity contribution in [2.45, 2.75) is 32.2 Å². The summed E-state index contributed by atoms with van der Waals surface area (Å²) in [5, 5.41) is 4.16. The van der Waals surface area contributed by atoms with Crippen molar-refractivity contribution in [3.63, 3.8) is 0 Å². The lowest BCUT2D eigenvalue weighted by Crippen LogP contribution is -2.26. The van der Waals surface area contributed by atoms with E-state index in [9.17, 15) is 4.79 Å². The fraction of sp³-hybridized carbons (Fsp3) is 0.263. The van der Waals surface area contributed by atoms with Crippen LogP contribution in [0.1, 0.15) is 36.4 Å². The third kappa shape index (κ3) is 4.22. The largest absolute Gasteiger partial charge is 0.350 e. The maximum absolute atomic E-state index is 12.2. The van der Waals surface area contributed by atoms with E-state index in [1.54, 1.807) is 11.3 Å². The van der Waals surface area contributed by atoms with E-state index in [0.29, 0.717) is 6.42 Å². The predicted octanol–water partition coefficient (Wildman–Crippen LogP) is 5.26. The van der Waals surface area contributed by atoms with E-state index in [0.717, 1.165) is 33.4 Å². The molecule has 0 bridgehead atoms. The molecule has 5 heteroatoms. The van der Waals surface area contributed by atoms with Crippen LogP contribution in [0.3, 0.4) is 0 Å². The Morgan fingerprint density at radius 3 is 2.75 bits per heavy atom. The molecule has 0 aliphatic rings. The molecule has 0 aliphatic heterocycles. The van der Waals surface area contributed by atoms with Crippen molar-refractivity contribution in [1.29, 1.82) is 0 Å². The number of aromatic nitrogens is 1. The van der Waals surface area contributed by atoms with Crippen LogP contribution in [0.5, 0.6) is 0 Å². The summed E-state index contributed by atoms with van der Waals surface area (Å²) in [7, 11) is 0. The summed E-state index contributed by atoms with van der Waals surface area (Å²) in [6.07, 6.45) is 2.18. The molecule has 0 saturated carbocycles. The molecule has 0 saturated heterocycles. The number of rotatable bonds is 6. The summed E-state index contributed by atoms with van der Waals surface area (Å²) in [6.45, 7) is 2.01. The smallest absolute Gasteiger partial charge is 0.220 e. The van der Waals surface area contributed by atoms with Crippen molar-refractivity contribution in [1.82, 2.24) is 10.3 Å². The van der Waals surface area contributed by atoms with E-state index in [1.807, 2.05) is 49.4 Å². The van der Waals surface area contributed by atoms with Gasteiger partial charge in [-0.05, 0) is 43.5 Å². The molecular weight excluding hydrogens is 384 g/mol. The molecule has 0 fully saturated rings. The molecular formula is C19H19BrN2OS. The number of nitrogens with zero attached hydrogens (tertiary/aromatic N) is 1. The Labute approximate surface area is 154 Å². The molecule has 3 rings (SSSR count). The third-order valence-electron chi connectivity index (χ3n) is 3.88. The Hall–Kier alpha value is -1.72. The molecule has 1 heterocycles. The van der Waals surface area contributed by atoms with Crippen LogP contribution in [0.4, 0.5) is 0 Å². The number of benzene rings is 2. The average molecular weight is 403 g/mol. The van der Waals surface area contributed by atoms with Crippen LogP contribution in [-0.4, -0.2) is 10.9 Å². The first kappa shape index (κ1) is 17.1. The predicted molar refractivity (Wildman–Crippen MR) is 103 cm³/mol. The molecule has 1 atom stereocenters. The van der Waals surface area contributed by atoms with Gasteiger partial charge in [-0.3, -0.25) is 4.79 Å². The van der Waals surface area contributed by atoms with Gasteiger partial charge in [0.25, 0.3) is 0 Å². The van der Waals surface area contributed by atoms with Crippen LogP contribution in [-0.2, 0) is 11.2 Å². The molecule has 0 aliphatic carbocycles. The number of amides is 1. The summed E-state index contributed by atoms with van der Waals surface area (Å²) < 4.78 is 2.23. The maximum atomic E-state index is 12.2. The fourth-order valence-corrected chi connectivity index (χ4v) is 4.28. The fourth-order valence-electron chi connectivity index (χ4n) is 2.64. The number of para-hydroxylation sites is 1. The topological polar surface area (TPSA) is 42.0 Å². The highest BCUT2D eigenvalue weighted by atomic mass is 79.9. The van der Waals surface area contributed by atoms with Crippen LogP contribution < -0.4 is 5.32 Å². The zero-order valence-electron chi connectivity index (χ0n) is 13.5.